The zero-order valence-electron chi connectivity index (χ0n) is 22.3. The number of urea groups is 2. The first-order chi connectivity index (χ1) is 16.2. The first-order valence-corrected chi connectivity index (χ1v) is 14.3. The fourth-order valence-electron chi connectivity index (χ4n) is 7.01. The summed E-state index contributed by atoms with van der Waals surface area (Å²) in [5.41, 5.74) is 0.0983. The number of nitrogens with one attached hydrogen (secondary N) is 4. The molecule has 0 radical (unpaired) electrons. The summed E-state index contributed by atoms with van der Waals surface area (Å²) in [5.74, 6) is 0. The summed E-state index contributed by atoms with van der Waals surface area (Å²) >= 11 is 0. The molecule has 0 bridgehead atoms. The van der Waals surface area contributed by atoms with Crippen LogP contribution >= 0.6 is 0 Å². The first-order valence-electron chi connectivity index (χ1n) is 14.3. The van der Waals surface area contributed by atoms with Crippen molar-refractivity contribution in [1.82, 2.24) is 21.3 Å². The van der Waals surface area contributed by atoms with Gasteiger partial charge < -0.3 is 21.3 Å². The maximum Gasteiger partial charge on any atom is 0.315 e. The van der Waals surface area contributed by atoms with E-state index in [1.54, 1.807) is 0 Å². The zero-order valence-corrected chi connectivity index (χ0v) is 22.3. The molecule has 2 unspecified atom stereocenters. The van der Waals surface area contributed by atoms with Crippen LogP contribution in [0.3, 0.4) is 0 Å². The predicted molar refractivity (Wildman–Crippen MR) is 140 cm³/mol. The third kappa shape index (κ3) is 9.65. The van der Waals surface area contributed by atoms with E-state index in [2.05, 4.69) is 42.0 Å². The van der Waals surface area contributed by atoms with Crippen LogP contribution in [0.25, 0.3) is 0 Å². The fraction of sp³-hybridized carbons (Fsp3) is 0.929. The van der Waals surface area contributed by atoms with Crippen LogP contribution in [0.4, 0.5) is 9.59 Å². The predicted octanol–water partition coefficient (Wildman–Crippen LogP) is 6.40. The molecule has 196 valence electrons. The number of hydrogen-bond donors (Lipinski definition) is 4. The van der Waals surface area contributed by atoms with Gasteiger partial charge >= 0.3 is 12.1 Å². The van der Waals surface area contributed by atoms with Gasteiger partial charge in [-0.25, -0.2) is 9.59 Å². The average molecular weight is 477 g/mol. The molecule has 6 nitrogen and oxygen atoms in total. The Balaban J connectivity index is 1.47. The largest absolute Gasteiger partial charge is 0.338 e. The van der Waals surface area contributed by atoms with Crippen molar-refractivity contribution in [2.24, 2.45) is 10.8 Å². The molecular formula is C28H52N4O2. The van der Waals surface area contributed by atoms with Gasteiger partial charge in [0.15, 0.2) is 0 Å². The lowest BCUT2D eigenvalue weighted by molar-refractivity contribution is 0.0745. The molecule has 3 aliphatic carbocycles. The van der Waals surface area contributed by atoms with E-state index in [-0.39, 0.29) is 28.9 Å². The zero-order chi connectivity index (χ0) is 24.4. The van der Waals surface area contributed by atoms with Gasteiger partial charge in [-0.2, -0.15) is 0 Å². The molecule has 3 saturated carbocycles. The molecule has 4 N–H and O–H groups in total. The Labute approximate surface area is 208 Å². The third-order valence-corrected chi connectivity index (χ3v) is 8.34. The van der Waals surface area contributed by atoms with Gasteiger partial charge in [0.1, 0.15) is 0 Å². The number of rotatable bonds is 5. The molecule has 3 aliphatic rings. The summed E-state index contributed by atoms with van der Waals surface area (Å²) in [5, 5.41) is 13.0. The summed E-state index contributed by atoms with van der Waals surface area (Å²) in [6, 6.07) is 0.717. The minimum atomic E-state index is -0.0296. The smallest absolute Gasteiger partial charge is 0.315 e. The first kappa shape index (κ1) is 27.1. The van der Waals surface area contributed by atoms with E-state index in [1.165, 1.54) is 64.2 Å². The van der Waals surface area contributed by atoms with Crippen LogP contribution in [0.5, 0.6) is 0 Å². The summed E-state index contributed by atoms with van der Waals surface area (Å²) in [7, 11) is 0. The Morgan fingerprint density at radius 1 is 0.618 bits per heavy atom. The minimum Gasteiger partial charge on any atom is -0.338 e. The Morgan fingerprint density at radius 3 is 1.59 bits per heavy atom. The van der Waals surface area contributed by atoms with E-state index in [9.17, 15) is 9.59 Å². The molecule has 0 aromatic carbocycles. The van der Waals surface area contributed by atoms with Crippen molar-refractivity contribution in [1.29, 1.82) is 0 Å². The molecular weight excluding hydrogens is 424 g/mol. The van der Waals surface area contributed by atoms with Crippen LogP contribution in [0.2, 0.25) is 0 Å². The summed E-state index contributed by atoms with van der Waals surface area (Å²) < 4.78 is 0. The SMILES string of the molecule is CC1(C)CC(NC(=O)NC2CCCCCCC2)CC(C)(CNC(=O)NC2CCCCCCC2)C1. The highest BCUT2D eigenvalue weighted by molar-refractivity contribution is 5.75. The van der Waals surface area contributed by atoms with Crippen LogP contribution in [0, 0.1) is 10.8 Å². The number of carbonyl (C=O) groups excluding carboxylic acids is 2. The maximum atomic E-state index is 12.8. The highest BCUT2D eigenvalue weighted by Gasteiger charge is 2.42. The minimum absolute atomic E-state index is 0.00870. The van der Waals surface area contributed by atoms with Crippen molar-refractivity contribution in [3.05, 3.63) is 0 Å². The van der Waals surface area contributed by atoms with Gasteiger partial charge in [0.2, 0.25) is 0 Å². The Morgan fingerprint density at radius 2 is 1.06 bits per heavy atom. The molecule has 0 aromatic heterocycles. The summed E-state index contributed by atoms with van der Waals surface area (Å²) in [6.07, 6.45) is 20.0. The van der Waals surface area contributed by atoms with Crippen molar-refractivity contribution in [3.63, 3.8) is 0 Å². The van der Waals surface area contributed by atoms with Crippen LogP contribution in [0.15, 0.2) is 0 Å². The molecule has 0 aromatic rings. The summed E-state index contributed by atoms with van der Waals surface area (Å²) in [6.45, 7) is 7.50. The molecule has 4 amide bonds. The van der Waals surface area contributed by atoms with Gasteiger partial charge in [-0.05, 0) is 55.8 Å². The molecule has 3 fully saturated rings. The van der Waals surface area contributed by atoms with Crippen molar-refractivity contribution in [2.45, 2.75) is 148 Å². The van der Waals surface area contributed by atoms with E-state index < -0.39 is 0 Å². The van der Waals surface area contributed by atoms with Crippen LogP contribution in [-0.4, -0.2) is 36.7 Å². The van der Waals surface area contributed by atoms with E-state index in [0.29, 0.717) is 18.6 Å². The van der Waals surface area contributed by atoms with Gasteiger partial charge in [-0.3, -0.25) is 0 Å². The molecule has 0 spiro atoms. The van der Waals surface area contributed by atoms with E-state index >= 15 is 0 Å². The molecule has 3 rings (SSSR count). The van der Waals surface area contributed by atoms with Gasteiger partial charge in [0.05, 0.1) is 0 Å². The van der Waals surface area contributed by atoms with Gasteiger partial charge in [-0.15, -0.1) is 0 Å². The highest BCUT2D eigenvalue weighted by Crippen LogP contribution is 2.45. The second-order valence-electron chi connectivity index (χ2n) is 12.8. The number of amides is 4. The average Bonchev–Trinajstić information content (AvgIpc) is 2.69. The standard InChI is InChI=1S/C28H52N4O2/c1-27(2)18-24(32-26(34)31-23-16-12-8-5-9-13-17-23)19-28(3,20-27)21-29-25(33)30-22-14-10-6-4-7-11-15-22/h22-24H,4-21H2,1-3H3,(H2,29,30,33)(H2,31,32,34). The monoisotopic (exact) mass is 476 g/mol. The second kappa shape index (κ2) is 13.0. The molecule has 6 heteroatoms. The van der Waals surface area contributed by atoms with Crippen molar-refractivity contribution in [2.75, 3.05) is 6.54 Å². The van der Waals surface area contributed by atoms with Crippen LogP contribution < -0.4 is 21.3 Å². The molecule has 0 heterocycles. The molecule has 34 heavy (non-hydrogen) atoms. The third-order valence-electron chi connectivity index (χ3n) is 8.34. The molecule has 2 atom stereocenters. The lowest BCUT2D eigenvalue weighted by atomic mass is 9.62. The second-order valence-corrected chi connectivity index (χ2v) is 12.8. The molecule has 0 saturated heterocycles. The Kier molecular flexibility index (Phi) is 10.4. The van der Waals surface area contributed by atoms with E-state index in [4.69, 9.17) is 0 Å². The highest BCUT2D eigenvalue weighted by atomic mass is 16.2. The van der Waals surface area contributed by atoms with Crippen molar-refractivity contribution >= 4 is 12.1 Å². The lowest BCUT2D eigenvalue weighted by Crippen LogP contribution is -2.54. The van der Waals surface area contributed by atoms with Crippen molar-refractivity contribution in [3.8, 4) is 0 Å². The van der Waals surface area contributed by atoms with E-state index in [1.807, 2.05) is 0 Å². The maximum absolute atomic E-state index is 12.8. The topological polar surface area (TPSA) is 82.3 Å². The van der Waals surface area contributed by atoms with Crippen LogP contribution in [-0.2, 0) is 0 Å². The fourth-order valence-corrected chi connectivity index (χ4v) is 7.01. The van der Waals surface area contributed by atoms with Crippen molar-refractivity contribution < 1.29 is 9.59 Å². The van der Waals surface area contributed by atoms with Gasteiger partial charge in [-0.1, -0.05) is 85.0 Å². The lowest BCUT2D eigenvalue weighted by Gasteiger charge is -2.47. The van der Waals surface area contributed by atoms with Gasteiger partial charge in [0, 0.05) is 24.7 Å². The normalized spacial score (nSPS) is 29.6. The van der Waals surface area contributed by atoms with E-state index in [0.717, 1.165) is 44.9 Å². The Hall–Kier alpha value is -1.46. The van der Waals surface area contributed by atoms with Crippen LogP contribution in [0.1, 0.15) is 130 Å². The summed E-state index contributed by atoms with van der Waals surface area (Å²) in [4.78, 5) is 25.5. The molecule has 0 aliphatic heterocycles. The number of hydrogen-bond acceptors (Lipinski definition) is 2. The number of carbonyl (C=O) groups is 2. The Bertz CT molecular complexity index is 636. The van der Waals surface area contributed by atoms with Gasteiger partial charge in [0.25, 0.3) is 0 Å². The quantitative estimate of drug-likeness (QED) is 0.370.